The van der Waals surface area contributed by atoms with E-state index in [9.17, 15) is 4.79 Å². The van der Waals surface area contributed by atoms with Crippen LogP contribution in [0.3, 0.4) is 0 Å². The Morgan fingerprint density at radius 1 is 1.50 bits per heavy atom. The highest BCUT2D eigenvalue weighted by atomic mass is 16.5. The monoisotopic (exact) mass is 247 g/mol. The first-order valence-corrected chi connectivity index (χ1v) is 6.63. The molecule has 0 radical (unpaired) electrons. The average molecular weight is 247 g/mol. The third-order valence-electron chi connectivity index (χ3n) is 3.34. The van der Waals surface area contributed by atoms with E-state index in [1.165, 1.54) is 0 Å². The first-order chi connectivity index (χ1) is 8.67. The summed E-state index contributed by atoms with van der Waals surface area (Å²) in [5.74, 6) is 1.16. The van der Waals surface area contributed by atoms with Gasteiger partial charge in [-0.1, -0.05) is 19.1 Å². The first kappa shape index (κ1) is 13.1. The number of likely N-dealkylation sites (tertiary alicyclic amines) is 1. The molecule has 0 aliphatic carbocycles. The normalized spacial score (nSPS) is 20.0. The van der Waals surface area contributed by atoms with Gasteiger partial charge in [-0.2, -0.15) is 0 Å². The van der Waals surface area contributed by atoms with E-state index in [1.54, 1.807) is 0 Å². The number of hydrogen-bond acceptors (Lipinski definition) is 3. The number of nitrogens with zero attached hydrogens (tertiary/aromatic N) is 1. The summed E-state index contributed by atoms with van der Waals surface area (Å²) in [6, 6.07) is 7.91. The smallest absolute Gasteiger partial charge is 0.136 e. The van der Waals surface area contributed by atoms with Gasteiger partial charge in [0.25, 0.3) is 0 Å². The fourth-order valence-electron chi connectivity index (χ4n) is 2.26. The van der Waals surface area contributed by atoms with Gasteiger partial charge in [0.05, 0.1) is 0 Å². The van der Waals surface area contributed by atoms with Crippen molar-refractivity contribution in [1.29, 1.82) is 0 Å². The molecule has 0 aromatic heterocycles. The van der Waals surface area contributed by atoms with Crippen LogP contribution in [0.5, 0.6) is 5.75 Å². The molecule has 1 heterocycles. The minimum absolute atomic E-state index is 0.271. The zero-order valence-corrected chi connectivity index (χ0v) is 11.2. The fraction of sp³-hybridized carbons (Fsp3) is 0.533. The second-order valence-corrected chi connectivity index (χ2v) is 5.01. The molecule has 1 aliphatic heterocycles. The van der Waals surface area contributed by atoms with Gasteiger partial charge < -0.3 is 9.64 Å². The van der Waals surface area contributed by atoms with Crippen LogP contribution in [-0.2, 0) is 11.2 Å². The summed E-state index contributed by atoms with van der Waals surface area (Å²) in [6.07, 6.45) is 2.47. The van der Waals surface area contributed by atoms with E-state index in [-0.39, 0.29) is 11.9 Å². The Kier molecular flexibility index (Phi) is 4.37. The number of Topliss-reactive ketones (excluding diaryl/α,β-unsaturated/α-hetero) is 1. The molecule has 0 amide bonds. The van der Waals surface area contributed by atoms with Crippen LogP contribution in [-0.4, -0.2) is 36.9 Å². The largest absolute Gasteiger partial charge is 0.489 e. The minimum atomic E-state index is 0.271. The molecule has 1 atom stereocenters. The second kappa shape index (κ2) is 6.01. The standard InChI is InChI=1S/C15H21NO2/c1-3-13(17)9-12-5-4-6-14(10-12)18-15-7-8-16(2)11-15/h4-6,10,15H,3,7-9,11H2,1-2H3. The molecule has 1 fully saturated rings. The molecular weight excluding hydrogens is 226 g/mol. The van der Waals surface area contributed by atoms with Crippen molar-refractivity contribution in [3.8, 4) is 5.75 Å². The lowest BCUT2D eigenvalue weighted by Crippen LogP contribution is -2.21. The third-order valence-corrected chi connectivity index (χ3v) is 3.34. The van der Waals surface area contributed by atoms with Crippen LogP contribution >= 0.6 is 0 Å². The summed E-state index contributed by atoms with van der Waals surface area (Å²) in [7, 11) is 2.11. The lowest BCUT2D eigenvalue weighted by atomic mass is 10.1. The van der Waals surface area contributed by atoms with Crippen LogP contribution in [0, 0.1) is 0 Å². The van der Waals surface area contributed by atoms with Crippen LogP contribution in [0.1, 0.15) is 25.3 Å². The third kappa shape index (κ3) is 3.57. The summed E-state index contributed by atoms with van der Waals surface area (Å²) in [6.45, 7) is 3.98. The maximum absolute atomic E-state index is 11.4. The van der Waals surface area contributed by atoms with E-state index in [1.807, 2.05) is 31.2 Å². The molecule has 3 heteroatoms. The van der Waals surface area contributed by atoms with Gasteiger partial charge in [0.2, 0.25) is 0 Å². The molecule has 0 saturated carbocycles. The Bertz CT molecular complexity index is 417. The zero-order chi connectivity index (χ0) is 13.0. The number of hydrogen-bond donors (Lipinski definition) is 0. The van der Waals surface area contributed by atoms with Crippen LogP contribution in [0.25, 0.3) is 0 Å². The van der Waals surface area contributed by atoms with Crippen molar-refractivity contribution in [2.45, 2.75) is 32.3 Å². The highest BCUT2D eigenvalue weighted by molar-refractivity contribution is 5.80. The van der Waals surface area contributed by atoms with Crippen LogP contribution < -0.4 is 4.74 Å². The van der Waals surface area contributed by atoms with Gasteiger partial charge in [0, 0.05) is 25.9 Å². The highest BCUT2D eigenvalue weighted by Gasteiger charge is 2.20. The number of ketones is 1. The van der Waals surface area contributed by atoms with Gasteiger partial charge in [-0.3, -0.25) is 4.79 Å². The van der Waals surface area contributed by atoms with E-state index in [4.69, 9.17) is 4.74 Å². The average Bonchev–Trinajstić information content (AvgIpc) is 2.75. The topological polar surface area (TPSA) is 29.5 Å². The maximum Gasteiger partial charge on any atom is 0.136 e. The molecule has 2 rings (SSSR count). The predicted octanol–water partition coefficient (Wildman–Crippen LogP) is 2.29. The molecule has 1 aromatic rings. The maximum atomic E-state index is 11.4. The van der Waals surface area contributed by atoms with Gasteiger partial charge in [-0.05, 0) is 31.2 Å². The lowest BCUT2D eigenvalue weighted by molar-refractivity contribution is -0.118. The molecule has 18 heavy (non-hydrogen) atoms. The zero-order valence-electron chi connectivity index (χ0n) is 11.2. The molecule has 3 nitrogen and oxygen atoms in total. The summed E-state index contributed by atoms with van der Waals surface area (Å²) in [5.41, 5.74) is 1.05. The number of rotatable bonds is 5. The van der Waals surface area contributed by atoms with Crippen molar-refractivity contribution < 1.29 is 9.53 Å². The van der Waals surface area contributed by atoms with E-state index in [0.29, 0.717) is 12.8 Å². The van der Waals surface area contributed by atoms with Crippen molar-refractivity contribution >= 4 is 5.78 Å². The Labute approximate surface area is 109 Å². The van der Waals surface area contributed by atoms with Crippen molar-refractivity contribution in [3.63, 3.8) is 0 Å². The summed E-state index contributed by atoms with van der Waals surface area (Å²) < 4.78 is 5.95. The van der Waals surface area contributed by atoms with Crippen LogP contribution in [0.2, 0.25) is 0 Å². The fourth-order valence-corrected chi connectivity index (χ4v) is 2.26. The minimum Gasteiger partial charge on any atom is -0.489 e. The second-order valence-electron chi connectivity index (χ2n) is 5.01. The van der Waals surface area contributed by atoms with E-state index in [0.717, 1.165) is 30.8 Å². The van der Waals surface area contributed by atoms with E-state index in [2.05, 4.69) is 11.9 Å². The highest BCUT2D eigenvalue weighted by Crippen LogP contribution is 2.19. The number of ether oxygens (including phenoxy) is 1. The van der Waals surface area contributed by atoms with Gasteiger partial charge in [-0.25, -0.2) is 0 Å². The van der Waals surface area contributed by atoms with Crippen LogP contribution in [0.4, 0.5) is 0 Å². The van der Waals surface area contributed by atoms with Gasteiger partial charge in [-0.15, -0.1) is 0 Å². The number of benzene rings is 1. The molecule has 0 N–H and O–H groups in total. The number of likely N-dealkylation sites (N-methyl/N-ethyl adjacent to an activating group) is 1. The Morgan fingerprint density at radius 3 is 3.00 bits per heavy atom. The quantitative estimate of drug-likeness (QED) is 0.799. The predicted molar refractivity (Wildman–Crippen MR) is 72.0 cm³/mol. The molecule has 1 unspecified atom stereocenters. The molecular formula is C15H21NO2. The molecule has 1 aliphatic rings. The van der Waals surface area contributed by atoms with Gasteiger partial charge in [0.1, 0.15) is 17.6 Å². The number of carbonyl (C=O) groups is 1. The van der Waals surface area contributed by atoms with Crippen LogP contribution in [0.15, 0.2) is 24.3 Å². The molecule has 1 saturated heterocycles. The molecule has 1 aromatic carbocycles. The summed E-state index contributed by atoms with van der Waals surface area (Å²) in [4.78, 5) is 13.7. The first-order valence-electron chi connectivity index (χ1n) is 6.63. The van der Waals surface area contributed by atoms with E-state index >= 15 is 0 Å². The van der Waals surface area contributed by atoms with Gasteiger partial charge in [0.15, 0.2) is 0 Å². The Balaban J connectivity index is 1.96. The molecule has 98 valence electrons. The Morgan fingerprint density at radius 2 is 2.33 bits per heavy atom. The van der Waals surface area contributed by atoms with Crippen molar-refractivity contribution in [3.05, 3.63) is 29.8 Å². The van der Waals surface area contributed by atoms with E-state index < -0.39 is 0 Å². The number of carbonyl (C=O) groups excluding carboxylic acids is 1. The molecule has 0 spiro atoms. The van der Waals surface area contributed by atoms with Crippen molar-refractivity contribution in [2.75, 3.05) is 20.1 Å². The van der Waals surface area contributed by atoms with Crippen molar-refractivity contribution in [2.24, 2.45) is 0 Å². The summed E-state index contributed by atoms with van der Waals surface area (Å²) >= 11 is 0. The summed E-state index contributed by atoms with van der Waals surface area (Å²) in [5, 5.41) is 0. The Hall–Kier alpha value is -1.35. The molecule has 0 bridgehead atoms. The van der Waals surface area contributed by atoms with Gasteiger partial charge >= 0.3 is 0 Å². The lowest BCUT2D eigenvalue weighted by Gasteiger charge is -2.14. The van der Waals surface area contributed by atoms with Crippen molar-refractivity contribution in [1.82, 2.24) is 4.90 Å². The SMILES string of the molecule is CCC(=O)Cc1cccc(OC2CCN(C)C2)c1.